The third-order valence-electron chi connectivity index (χ3n) is 4.92. The lowest BCUT2D eigenvalue weighted by Crippen LogP contribution is -2.50. The first-order valence-electron chi connectivity index (χ1n) is 8.79. The van der Waals surface area contributed by atoms with Crippen molar-refractivity contribution < 1.29 is 4.79 Å². The van der Waals surface area contributed by atoms with E-state index in [-0.39, 0.29) is 5.91 Å². The average Bonchev–Trinajstić information content (AvgIpc) is 2.61. The number of piperazine rings is 1. The molecule has 1 N–H and O–H groups in total. The molecule has 1 fully saturated rings. The summed E-state index contributed by atoms with van der Waals surface area (Å²) >= 11 is 0. The molecule has 0 saturated carbocycles. The van der Waals surface area contributed by atoms with Gasteiger partial charge < -0.3 is 10.2 Å². The van der Waals surface area contributed by atoms with Crippen LogP contribution < -0.4 is 5.32 Å². The molecule has 0 atom stereocenters. The molecule has 24 heavy (non-hydrogen) atoms. The number of amides is 1. The van der Waals surface area contributed by atoms with Crippen LogP contribution in [0.2, 0.25) is 0 Å². The van der Waals surface area contributed by atoms with E-state index >= 15 is 0 Å². The van der Waals surface area contributed by atoms with Gasteiger partial charge in [0.1, 0.15) is 0 Å². The molecular formula is C20H27N3O. The number of benzene rings is 2. The van der Waals surface area contributed by atoms with Crippen LogP contribution in [0.1, 0.15) is 29.8 Å². The molecule has 0 aliphatic carbocycles. The Balaban J connectivity index is 1.81. The van der Waals surface area contributed by atoms with Crippen molar-refractivity contribution in [3.63, 3.8) is 0 Å². The Hall–Kier alpha value is -1.91. The molecule has 128 valence electrons. The Morgan fingerprint density at radius 1 is 1.12 bits per heavy atom. The van der Waals surface area contributed by atoms with Crippen LogP contribution in [-0.2, 0) is 6.54 Å². The number of rotatable bonds is 4. The second kappa shape index (κ2) is 7.32. The number of fused-ring (bicyclic) bond motifs is 1. The van der Waals surface area contributed by atoms with E-state index in [1.54, 1.807) is 0 Å². The van der Waals surface area contributed by atoms with Crippen LogP contribution in [0.5, 0.6) is 0 Å². The predicted octanol–water partition coefficient (Wildman–Crippen LogP) is 2.73. The lowest BCUT2D eigenvalue weighted by atomic mass is 10.0. The van der Waals surface area contributed by atoms with Gasteiger partial charge in [-0.15, -0.1) is 0 Å². The van der Waals surface area contributed by atoms with E-state index in [0.29, 0.717) is 6.04 Å². The minimum atomic E-state index is 0.152. The Bertz CT molecular complexity index is 718. The number of hydrogen-bond donors (Lipinski definition) is 1. The first-order chi connectivity index (χ1) is 11.6. The summed E-state index contributed by atoms with van der Waals surface area (Å²) in [7, 11) is 1.95. The molecule has 1 heterocycles. The van der Waals surface area contributed by atoms with Crippen molar-refractivity contribution in [1.29, 1.82) is 0 Å². The Morgan fingerprint density at radius 3 is 2.54 bits per heavy atom. The molecule has 1 saturated heterocycles. The minimum Gasteiger partial charge on any atom is -0.336 e. The van der Waals surface area contributed by atoms with E-state index in [1.165, 1.54) is 16.3 Å². The number of carbonyl (C=O) groups is 1. The van der Waals surface area contributed by atoms with Gasteiger partial charge in [0.05, 0.1) is 0 Å². The summed E-state index contributed by atoms with van der Waals surface area (Å²) in [4.78, 5) is 17.3. The van der Waals surface area contributed by atoms with Crippen LogP contribution in [0.4, 0.5) is 0 Å². The number of hydrogen-bond acceptors (Lipinski definition) is 3. The summed E-state index contributed by atoms with van der Waals surface area (Å²) in [6, 6.07) is 12.9. The fourth-order valence-electron chi connectivity index (χ4n) is 3.44. The quantitative estimate of drug-likeness (QED) is 0.939. The molecule has 1 aliphatic rings. The summed E-state index contributed by atoms with van der Waals surface area (Å²) < 4.78 is 0. The van der Waals surface area contributed by atoms with Gasteiger partial charge in [-0.3, -0.25) is 9.69 Å². The maximum Gasteiger partial charge on any atom is 0.253 e. The van der Waals surface area contributed by atoms with Gasteiger partial charge in [0.2, 0.25) is 0 Å². The maximum absolute atomic E-state index is 12.9. The molecule has 1 aliphatic heterocycles. The molecule has 1 amide bonds. The summed E-state index contributed by atoms with van der Waals surface area (Å²) in [6.45, 7) is 8.78. The SMILES string of the molecule is CNCc1cccc2ccc(C(=O)N3CCN(C(C)C)CC3)cc12. The second-order valence-corrected chi connectivity index (χ2v) is 6.81. The third-order valence-corrected chi connectivity index (χ3v) is 4.92. The number of carbonyl (C=O) groups excluding carboxylic acids is 1. The molecule has 2 aromatic carbocycles. The van der Waals surface area contributed by atoms with Crippen LogP contribution in [0, 0.1) is 0 Å². The minimum absolute atomic E-state index is 0.152. The average molecular weight is 325 g/mol. The molecule has 2 aromatic rings. The van der Waals surface area contributed by atoms with Crippen molar-refractivity contribution in [3.05, 3.63) is 47.5 Å². The molecule has 4 nitrogen and oxygen atoms in total. The zero-order chi connectivity index (χ0) is 17.1. The lowest BCUT2D eigenvalue weighted by Gasteiger charge is -2.37. The smallest absolute Gasteiger partial charge is 0.253 e. The van der Waals surface area contributed by atoms with Crippen LogP contribution in [0.15, 0.2) is 36.4 Å². The van der Waals surface area contributed by atoms with Crippen LogP contribution in [0.25, 0.3) is 10.8 Å². The van der Waals surface area contributed by atoms with Gasteiger partial charge in [-0.25, -0.2) is 0 Å². The van der Waals surface area contributed by atoms with Crippen molar-refractivity contribution in [2.45, 2.75) is 26.4 Å². The molecule has 0 aromatic heterocycles. The zero-order valence-corrected chi connectivity index (χ0v) is 14.9. The van der Waals surface area contributed by atoms with Gasteiger partial charge in [0, 0.05) is 44.3 Å². The van der Waals surface area contributed by atoms with E-state index in [4.69, 9.17) is 0 Å². The highest BCUT2D eigenvalue weighted by atomic mass is 16.2. The van der Waals surface area contributed by atoms with Crippen molar-refractivity contribution in [1.82, 2.24) is 15.1 Å². The predicted molar refractivity (Wildman–Crippen MR) is 99.3 cm³/mol. The fourth-order valence-corrected chi connectivity index (χ4v) is 3.44. The van der Waals surface area contributed by atoms with E-state index < -0.39 is 0 Å². The highest BCUT2D eigenvalue weighted by Gasteiger charge is 2.23. The highest BCUT2D eigenvalue weighted by molar-refractivity contribution is 5.99. The molecular weight excluding hydrogens is 298 g/mol. The van der Waals surface area contributed by atoms with Crippen LogP contribution in [0.3, 0.4) is 0 Å². The highest BCUT2D eigenvalue weighted by Crippen LogP contribution is 2.22. The third kappa shape index (κ3) is 3.45. The summed E-state index contributed by atoms with van der Waals surface area (Å²) in [5.74, 6) is 0.152. The largest absolute Gasteiger partial charge is 0.336 e. The van der Waals surface area contributed by atoms with Crippen molar-refractivity contribution in [3.8, 4) is 0 Å². The topological polar surface area (TPSA) is 35.6 Å². The summed E-state index contributed by atoms with van der Waals surface area (Å²) in [6.07, 6.45) is 0. The molecule has 0 spiro atoms. The van der Waals surface area contributed by atoms with Gasteiger partial charge in [-0.1, -0.05) is 24.3 Å². The Kier molecular flexibility index (Phi) is 5.17. The maximum atomic E-state index is 12.9. The molecule has 0 radical (unpaired) electrons. The molecule has 3 rings (SSSR count). The van der Waals surface area contributed by atoms with Gasteiger partial charge in [-0.05, 0) is 49.4 Å². The lowest BCUT2D eigenvalue weighted by molar-refractivity contribution is 0.0595. The van der Waals surface area contributed by atoms with Gasteiger partial charge in [0.15, 0.2) is 0 Å². The first kappa shape index (κ1) is 16.9. The van der Waals surface area contributed by atoms with E-state index in [1.807, 2.05) is 18.0 Å². The fraction of sp³-hybridized carbons (Fsp3) is 0.450. The monoisotopic (exact) mass is 325 g/mol. The van der Waals surface area contributed by atoms with Crippen molar-refractivity contribution in [2.75, 3.05) is 33.2 Å². The number of nitrogens with zero attached hydrogens (tertiary/aromatic N) is 2. The van der Waals surface area contributed by atoms with Gasteiger partial charge >= 0.3 is 0 Å². The van der Waals surface area contributed by atoms with E-state index in [0.717, 1.165) is 38.3 Å². The van der Waals surface area contributed by atoms with Crippen molar-refractivity contribution >= 4 is 16.7 Å². The normalized spacial score (nSPS) is 16.1. The second-order valence-electron chi connectivity index (χ2n) is 6.81. The van der Waals surface area contributed by atoms with Gasteiger partial charge in [0.25, 0.3) is 5.91 Å². The van der Waals surface area contributed by atoms with Crippen LogP contribution in [-0.4, -0.2) is 55.0 Å². The standard InChI is InChI=1S/C20H27N3O/c1-15(2)22-9-11-23(12-10-22)20(24)17-8-7-16-5-4-6-18(14-21-3)19(16)13-17/h4-8,13,15,21H,9-12,14H2,1-3H3. The molecule has 0 bridgehead atoms. The summed E-state index contributed by atoms with van der Waals surface area (Å²) in [5.41, 5.74) is 2.03. The van der Waals surface area contributed by atoms with E-state index in [2.05, 4.69) is 54.4 Å². The van der Waals surface area contributed by atoms with Crippen molar-refractivity contribution in [2.24, 2.45) is 0 Å². The number of nitrogens with one attached hydrogen (secondary N) is 1. The van der Waals surface area contributed by atoms with E-state index in [9.17, 15) is 4.79 Å². The van der Waals surface area contributed by atoms with Crippen LogP contribution >= 0.6 is 0 Å². The first-order valence-corrected chi connectivity index (χ1v) is 8.79. The summed E-state index contributed by atoms with van der Waals surface area (Å²) in [5, 5.41) is 5.55. The molecule has 4 heteroatoms. The Labute approximate surface area is 144 Å². The zero-order valence-electron chi connectivity index (χ0n) is 14.9. The Morgan fingerprint density at radius 2 is 1.88 bits per heavy atom. The van der Waals surface area contributed by atoms with Gasteiger partial charge in [-0.2, -0.15) is 0 Å². The molecule has 0 unspecified atom stereocenters.